The van der Waals surface area contributed by atoms with Gasteiger partial charge in [0.05, 0.1) is 27.6 Å². The predicted molar refractivity (Wildman–Crippen MR) is 92.8 cm³/mol. The first-order valence-corrected chi connectivity index (χ1v) is 8.01. The van der Waals surface area contributed by atoms with Gasteiger partial charge in [-0.3, -0.25) is 19.7 Å². The number of rotatable bonds is 6. The zero-order chi connectivity index (χ0) is 20.9. The van der Waals surface area contributed by atoms with E-state index in [9.17, 15) is 32.9 Å². The summed E-state index contributed by atoms with van der Waals surface area (Å²) in [6, 6.07) is 8.42. The van der Waals surface area contributed by atoms with Gasteiger partial charge in [-0.05, 0) is 12.1 Å². The summed E-state index contributed by atoms with van der Waals surface area (Å²) in [6.45, 7) is -0.887. The Bertz CT molecular complexity index is 918. The quantitative estimate of drug-likeness (QED) is 0.436. The molecule has 2 rings (SSSR count). The number of benzene rings is 2. The van der Waals surface area contributed by atoms with Crippen LogP contribution in [0.25, 0.3) is 0 Å². The Labute approximate surface area is 161 Å². The Morgan fingerprint density at radius 1 is 1.14 bits per heavy atom. The number of hydrogen-bond acceptors (Lipinski definition) is 5. The average Bonchev–Trinajstić information content (AvgIpc) is 2.61. The molecule has 0 saturated heterocycles. The molecule has 11 heteroatoms. The standard InChI is InChI=1S/C17H12ClF3N2O5/c18-12-6-3-5-11(17(19,20)21)16(12)22-14(24)9-28-15(25)8-10-4-1-2-7-13(10)23(26)27/h1-7H,8-9H2,(H,22,24). The lowest BCUT2D eigenvalue weighted by Crippen LogP contribution is -2.23. The minimum Gasteiger partial charge on any atom is -0.455 e. The van der Waals surface area contributed by atoms with E-state index >= 15 is 0 Å². The largest absolute Gasteiger partial charge is 0.455 e. The number of para-hydroxylation sites is 2. The lowest BCUT2D eigenvalue weighted by atomic mass is 10.1. The second-order valence-electron chi connectivity index (χ2n) is 5.43. The van der Waals surface area contributed by atoms with Gasteiger partial charge in [-0.1, -0.05) is 35.9 Å². The Morgan fingerprint density at radius 2 is 1.82 bits per heavy atom. The molecule has 0 saturated carbocycles. The zero-order valence-corrected chi connectivity index (χ0v) is 14.7. The Kier molecular flexibility index (Phi) is 6.57. The van der Waals surface area contributed by atoms with Gasteiger partial charge in [0.25, 0.3) is 11.6 Å². The van der Waals surface area contributed by atoms with Gasteiger partial charge in [-0.25, -0.2) is 0 Å². The van der Waals surface area contributed by atoms with Crippen molar-refractivity contribution in [1.82, 2.24) is 0 Å². The summed E-state index contributed by atoms with van der Waals surface area (Å²) in [6.07, 6.45) is -5.24. The maximum Gasteiger partial charge on any atom is 0.418 e. The van der Waals surface area contributed by atoms with E-state index in [-0.39, 0.29) is 16.3 Å². The maximum atomic E-state index is 13.0. The van der Waals surface area contributed by atoms with Crippen molar-refractivity contribution in [3.8, 4) is 0 Å². The van der Waals surface area contributed by atoms with Crippen LogP contribution in [-0.2, 0) is 26.9 Å². The van der Waals surface area contributed by atoms with E-state index in [1.165, 1.54) is 24.3 Å². The van der Waals surface area contributed by atoms with Crippen LogP contribution in [0.3, 0.4) is 0 Å². The van der Waals surface area contributed by atoms with Gasteiger partial charge in [0.15, 0.2) is 6.61 Å². The second kappa shape index (κ2) is 8.70. The van der Waals surface area contributed by atoms with Crippen LogP contribution in [0.4, 0.5) is 24.5 Å². The summed E-state index contributed by atoms with van der Waals surface area (Å²) in [7, 11) is 0. The maximum absolute atomic E-state index is 13.0. The normalized spacial score (nSPS) is 11.0. The van der Waals surface area contributed by atoms with Crippen molar-refractivity contribution in [3.05, 3.63) is 68.7 Å². The van der Waals surface area contributed by atoms with Gasteiger partial charge in [0.1, 0.15) is 0 Å². The highest BCUT2D eigenvalue weighted by Crippen LogP contribution is 2.38. The highest BCUT2D eigenvalue weighted by atomic mass is 35.5. The molecular formula is C17H12ClF3N2O5. The molecule has 0 aliphatic heterocycles. The van der Waals surface area contributed by atoms with E-state index in [1.54, 1.807) is 0 Å². The first-order valence-electron chi connectivity index (χ1n) is 7.63. The molecule has 148 valence electrons. The molecule has 7 nitrogen and oxygen atoms in total. The topological polar surface area (TPSA) is 98.5 Å². The summed E-state index contributed by atoms with van der Waals surface area (Å²) in [5, 5.41) is 12.5. The number of esters is 1. The molecule has 0 spiro atoms. The average molecular weight is 417 g/mol. The van der Waals surface area contributed by atoms with E-state index in [1.807, 2.05) is 5.32 Å². The van der Waals surface area contributed by atoms with Gasteiger partial charge in [0, 0.05) is 11.6 Å². The second-order valence-corrected chi connectivity index (χ2v) is 5.84. The Hall–Kier alpha value is -3.14. The fourth-order valence-corrected chi connectivity index (χ4v) is 2.48. The van der Waals surface area contributed by atoms with Gasteiger partial charge < -0.3 is 10.1 Å². The van der Waals surface area contributed by atoms with Crippen molar-refractivity contribution in [1.29, 1.82) is 0 Å². The number of ether oxygens (including phenoxy) is 1. The summed E-state index contributed by atoms with van der Waals surface area (Å²) in [4.78, 5) is 33.9. The molecule has 28 heavy (non-hydrogen) atoms. The molecule has 0 atom stereocenters. The zero-order valence-electron chi connectivity index (χ0n) is 14.0. The highest BCUT2D eigenvalue weighted by molar-refractivity contribution is 6.34. The summed E-state index contributed by atoms with van der Waals surface area (Å²) in [5.74, 6) is -2.01. The molecule has 2 aromatic carbocycles. The monoisotopic (exact) mass is 416 g/mol. The number of hydrogen-bond donors (Lipinski definition) is 1. The lowest BCUT2D eigenvalue weighted by Gasteiger charge is -2.15. The van der Waals surface area contributed by atoms with Crippen LogP contribution < -0.4 is 5.32 Å². The summed E-state index contributed by atoms with van der Waals surface area (Å²) >= 11 is 5.71. The van der Waals surface area contributed by atoms with E-state index in [2.05, 4.69) is 4.74 Å². The van der Waals surface area contributed by atoms with E-state index < -0.39 is 47.3 Å². The number of nitrogens with zero attached hydrogens (tertiary/aromatic N) is 1. The lowest BCUT2D eigenvalue weighted by molar-refractivity contribution is -0.385. The van der Waals surface area contributed by atoms with Crippen molar-refractivity contribution in [2.45, 2.75) is 12.6 Å². The molecule has 0 unspecified atom stereocenters. The number of amides is 1. The fourth-order valence-electron chi connectivity index (χ4n) is 2.25. The third-order valence-corrected chi connectivity index (χ3v) is 3.79. The molecule has 0 aliphatic rings. The van der Waals surface area contributed by atoms with Crippen molar-refractivity contribution in [2.75, 3.05) is 11.9 Å². The number of anilines is 1. The molecule has 2 aromatic rings. The molecule has 0 aliphatic carbocycles. The van der Waals surface area contributed by atoms with Crippen LogP contribution in [0.2, 0.25) is 5.02 Å². The van der Waals surface area contributed by atoms with E-state index in [4.69, 9.17) is 11.6 Å². The van der Waals surface area contributed by atoms with Crippen LogP contribution in [0, 0.1) is 10.1 Å². The Balaban J connectivity index is 2.01. The third kappa shape index (κ3) is 5.43. The van der Waals surface area contributed by atoms with E-state index in [0.29, 0.717) is 0 Å². The molecule has 0 fully saturated rings. The van der Waals surface area contributed by atoms with Gasteiger partial charge in [-0.15, -0.1) is 0 Å². The number of nitrogens with one attached hydrogen (secondary N) is 1. The predicted octanol–water partition coefficient (Wildman–Crippen LogP) is 3.99. The number of alkyl halides is 3. The number of nitro groups is 1. The fraction of sp³-hybridized carbons (Fsp3) is 0.176. The van der Waals surface area contributed by atoms with Crippen molar-refractivity contribution >= 4 is 34.9 Å². The smallest absolute Gasteiger partial charge is 0.418 e. The molecule has 0 heterocycles. The number of halogens is 4. The first kappa shape index (κ1) is 21.2. The molecule has 1 amide bonds. The summed E-state index contributed by atoms with van der Waals surface area (Å²) in [5.41, 5.74) is -2.03. The van der Waals surface area contributed by atoms with Gasteiger partial charge in [0.2, 0.25) is 0 Å². The highest BCUT2D eigenvalue weighted by Gasteiger charge is 2.34. The Morgan fingerprint density at radius 3 is 2.46 bits per heavy atom. The molecule has 1 N–H and O–H groups in total. The summed E-state index contributed by atoms with van der Waals surface area (Å²) < 4.78 is 43.6. The van der Waals surface area contributed by atoms with Crippen molar-refractivity contribution in [3.63, 3.8) is 0 Å². The molecule has 0 aromatic heterocycles. The van der Waals surface area contributed by atoms with Crippen molar-refractivity contribution in [2.24, 2.45) is 0 Å². The van der Waals surface area contributed by atoms with Crippen LogP contribution in [0.1, 0.15) is 11.1 Å². The third-order valence-electron chi connectivity index (χ3n) is 3.47. The minimum atomic E-state index is -4.75. The molecule has 0 bridgehead atoms. The molecular weight excluding hydrogens is 405 g/mol. The molecule has 0 radical (unpaired) electrons. The van der Waals surface area contributed by atoms with E-state index in [0.717, 1.165) is 18.2 Å². The first-order chi connectivity index (χ1) is 13.1. The van der Waals surface area contributed by atoms with Crippen LogP contribution in [-0.4, -0.2) is 23.4 Å². The number of carbonyl (C=O) groups is 2. The number of nitro benzene ring substituents is 1. The van der Waals surface area contributed by atoms with Crippen molar-refractivity contribution < 1.29 is 32.4 Å². The van der Waals surface area contributed by atoms with Gasteiger partial charge in [-0.2, -0.15) is 13.2 Å². The van der Waals surface area contributed by atoms with Crippen LogP contribution in [0.5, 0.6) is 0 Å². The SMILES string of the molecule is O=C(COC(=O)Cc1ccccc1[N+](=O)[O-])Nc1c(Cl)cccc1C(F)(F)F. The van der Waals surface area contributed by atoms with Crippen LogP contribution in [0.15, 0.2) is 42.5 Å². The minimum absolute atomic E-state index is 0.0726. The van der Waals surface area contributed by atoms with Gasteiger partial charge >= 0.3 is 12.1 Å². The van der Waals surface area contributed by atoms with Crippen LogP contribution >= 0.6 is 11.6 Å². The number of carbonyl (C=O) groups excluding carboxylic acids is 2.